The molecular formula is C25H40N8O2. The number of rotatable bonds is 9. The Morgan fingerprint density at radius 2 is 1.89 bits per heavy atom. The standard InChI is InChI=1S/C23H34N8O2.C2H6/c1-14(2)18-10-17(33-30-18)13-24-23-26-20(25-21-11-19(28-29-21)15-4-5-15)12-22(27-23)32-16-6-8-31(3)9-7-16;1-2/h10-12,14-16,18,30H,4-9,13H2,1-3H3,(H3,24,25,26,27,28,29);1-2H3. The van der Waals surface area contributed by atoms with Gasteiger partial charge in [-0.1, -0.05) is 27.7 Å². The van der Waals surface area contributed by atoms with Crippen molar-refractivity contribution in [2.45, 2.75) is 71.4 Å². The van der Waals surface area contributed by atoms with E-state index in [0.29, 0.717) is 36.0 Å². The normalized spacial score (nSPS) is 20.6. The minimum atomic E-state index is 0.153. The monoisotopic (exact) mass is 484 g/mol. The first-order chi connectivity index (χ1) is 17.0. The van der Waals surface area contributed by atoms with E-state index in [0.717, 1.165) is 37.5 Å². The van der Waals surface area contributed by atoms with Crippen LogP contribution in [0.4, 0.5) is 17.6 Å². The molecule has 1 unspecified atom stereocenters. The Morgan fingerprint density at radius 1 is 1.11 bits per heavy atom. The first-order valence-electron chi connectivity index (χ1n) is 13.0. The number of anilines is 3. The molecule has 3 aliphatic rings. The van der Waals surface area contributed by atoms with Gasteiger partial charge in [0.2, 0.25) is 11.8 Å². The lowest BCUT2D eigenvalue weighted by Crippen LogP contribution is -2.35. The number of hydrogen-bond acceptors (Lipinski definition) is 9. The highest BCUT2D eigenvalue weighted by atomic mass is 16.7. The number of aromatic amines is 1. The van der Waals surface area contributed by atoms with Gasteiger partial charge < -0.3 is 25.1 Å². The zero-order valence-electron chi connectivity index (χ0n) is 21.6. The van der Waals surface area contributed by atoms with Crippen LogP contribution in [-0.2, 0) is 4.84 Å². The summed E-state index contributed by atoms with van der Waals surface area (Å²) in [5.74, 6) is 4.33. The van der Waals surface area contributed by atoms with Gasteiger partial charge in [-0.25, -0.2) is 0 Å². The third-order valence-corrected chi connectivity index (χ3v) is 6.36. The Hall–Kier alpha value is -2.85. The van der Waals surface area contributed by atoms with Crippen molar-refractivity contribution >= 4 is 17.6 Å². The van der Waals surface area contributed by atoms with Crippen molar-refractivity contribution in [3.05, 3.63) is 29.7 Å². The van der Waals surface area contributed by atoms with Gasteiger partial charge in [-0.3, -0.25) is 5.10 Å². The van der Waals surface area contributed by atoms with E-state index in [1.807, 2.05) is 19.9 Å². The summed E-state index contributed by atoms with van der Waals surface area (Å²) in [6.07, 6.45) is 6.67. The van der Waals surface area contributed by atoms with Gasteiger partial charge in [-0.05, 0) is 44.7 Å². The van der Waals surface area contributed by atoms with Crippen LogP contribution in [0.1, 0.15) is 65.0 Å². The molecule has 10 nitrogen and oxygen atoms in total. The van der Waals surface area contributed by atoms with Crippen LogP contribution in [0.3, 0.4) is 0 Å². The van der Waals surface area contributed by atoms with Crippen molar-refractivity contribution in [2.75, 3.05) is 37.3 Å². The van der Waals surface area contributed by atoms with Crippen molar-refractivity contribution in [2.24, 2.45) is 5.92 Å². The maximum absolute atomic E-state index is 6.25. The van der Waals surface area contributed by atoms with E-state index >= 15 is 0 Å². The fourth-order valence-corrected chi connectivity index (χ4v) is 4.04. The van der Waals surface area contributed by atoms with E-state index in [-0.39, 0.29) is 12.1 Å². The summed E-state index contributed by atoms with van der Waals surface area (Å²) in [4.78, 5) is 17.2. The van der Waals surface area contributed by atoms with Crippen LogP contribution >= 0.6 is 0 Å². The molecule has 1 aliphatic carbocycles. The summed E-state index contributed by atoms with van der Waals surface area (Å²) in [5, 5.41) is 14.1. The zero-order valence-corrected chi connectivity index (χ0v) is 21.6. The first kappa shape index (κ1) is 25.2. The van der Waals surface area contributed by atoms with Crippen molar-refractivity contribution < 1.29 is 9.57 Å². The van der Waals surface area contributed by atoms with E-state index in [1.54, 1.807) is 0 Å². The SMILES string of the molecule is CC.CC(C)C1C=C(CNc2nc(Nc3cc(C4CC4)[nH]n3)cc(OC3CCN(C)CC3)n2)ON1. The first-order valence-corrected chi connectivity index (χ1v) is 13.0. The summed E-state index contributed by atoms with van der Waals surface area (Å²) in [5.41, 5.74) is 4.22. The second kappa shape index (κ2) is 11.7. The highest BCUT2D eigenvalue weighted by molar-refractivity contribution is 5.55. The van der Waals surface area contributed by atoms with Gasteiger partial charge in [0, 0.05) is 36.8 Å². The molecule has 1 saturated heterocycles. The summed E-state index contributed by atoms with van der Waals surface area (Å²) in [7, 11) is 2.14. The van der Waals surface area contributed by atoms with Crippen molar-refractivity contribution in [3.8, 4) is 5.88 Å². The van der Waals surface area contributed by atoms with Crippen LogP contribution in [-0.4, -0.2) is 63.9 Å². The summed E-state index contributed by atoms with van der Waals surface area (Å²) >= 11 is 0. The Kier molecular flexibility index (Phi) is 8.46. The maximum Gasteiger partial charge on any atom is 0.228 e. The molecule has 0 radical (unpaired) electrons. The maximum atomic E-state index is 6.25. The topological polar surface area (TPSA) is 112 Å². The molecule has 1 saturated carbocycles. The number of aromatic nitrogens is 4. The van der Waals surface area contributed by atoms with Crippen LogP contribution in [0, 0.1) is 5.92 Å². The molecule has 0 bridgehead atoms. The molecule has 2 fully saturated rings. The fourth-order valence-electron chi connectivity index (χ4n) is 4.04. The third kappa shape index (κ3) is 7.08. The van der Waals surface area contributed by atoms with E-state index < -0.39 is 0 Å². The van der Waals surface area contributed by atoms with Crippen LogP contribution in [0.15, 0.2) is 24.0 Å². The summed E-state index contributed by atoms with van der Waals surface area (Å²) < 4.78 is 6.25. The smallest absolute Gasteiger partial charge is 0.228 e. The molecule has 4 heterocycles. The highest BCUT2D eigenvalue weighted by Gasteiger charge is 2.26. The number of piperidine rings is 1. The van der Waals surface area contributed by atoms with E-state index in [1.165, 1.54) is 18.5 Å². The number of hydrogen-bond donors (Lipinski definition) is 4. The second-order valence-electron chi connectivity index (χ2n) is 9.62. The molecular weight excluding hydrogens is 444 g/mol. The minimum Gasteiger partial charge on any atom is -0.474 e. The lowest BCUT2D eigenvalue weighted by atomic mass is 10.1. The number of ether oxygens (including phenoxy) is 1. The molecule has 0 spiro atoms. The molecule has 10 heteroatoms. The summed E-state index contributed by atoms with van der Waals surface area (Å²) in [6.45, 7) is 10.9. The Labute approximate surface area is 208 Å². The minimum absolute atomic E-state index is 0.153. The molecule has 4 N–H and O–H groups in total. The quantitative estimate of drug-likeness (QED) is 0.416. The molecule has 2 aromatic heterocycles. The predicted octanol–water partition coefficient (Wildman–Crippen LogP) is 4.18. The largest absolute Gasteiger partial charge is 0.474 e. The Bertz CT molecular complexity index is 980. The number of likely N-dealkylation sites (tertiary alicyclic amines) is 1. The molecule has 0 aromatic carbocycles. The number of nitrogens with one attached hydrogen (secondary N) is 4. The van der Waals surface area contributed by atoms with Crippen LogP contribution in [0.5, 0.6) is 5.88 Å². The van der Waals surface area contributed by atoms with E-state index in [9.17, 15) is 0 Å². The molecule has 1 atom stereocenters. The number of H-pyrrole nitrogens is 1. The van der Waals surface area contributed by atoms with Gasteiger partial charge in [-0.2, -0.15) is 15.1 Å². The highest BCUT2D eigenvalue weighted by Crippen LogP contribution is 2.39. The summed E-state index contributed by atoms with van der Waals surface area (Å²) in [6, 6.07) is 4.11. The van der Waals surface area contributed by atoms with Crippen LogP contribution in [0.25, 0.3) is 0 Å². The molecule has 2 aliphatic heterocycles. The molecule has 2 aromatic rings. The molecule has 35 heavy (non-hydrogen) atoms. The Balaban J connectivity index is 0.00000141. The van der Waals surface area contributed by atoms with Crippen LogP contribution in [0.2, 0.25) is 0 Å². The molecule has 192 valence electrons. The van der Waals surface area contributed by atoms with Gasteiger partial charge in [0.1, 0.15) is 17.7 Å². The number of hydroxylamine groups is 1. The van der Waals surface area contributed by atoms with Crippen molar-refractivity contribution in [3.63, 3.8) is 0 Å². The van der Waals surface area contributed by atoms with Gasteiger partial charge in [-0.15, -0.1) is 5.48 Å². The molecule has 5 rings (SSSR count). The number of nitrogens with zero attached hydrogens (tertiary/aromatic N) is 4. The van der Waals surface area contributed by atoms with Gasteiger partial charge >= 0.3 is 0 Å². The average molecular weight is 485 g/mol. The zero-order chi connectivity index (χ0) is 24.8. The Morgan fingerprint density at radius 3 is 2.57 bits per heavy atom. The average Bonchev–Trinajstić information content (AvgIpc) is 3.40. The second-order valence-corrected chi connectivity index (χ2v) is 9.62. The third-order valence-electron chi connectivity index (χ3n) is 6.36. The van der Waals surface area contributed by atoms with E-state index in [4.69, 9.17) is 9.57 Å². The van der Waals surface area contributed by atoms with Gasteiger partial charge in [0.25, 0.3) is 0 Å². The fraction of sp³-hybridized carbons (Fsp3) is 0.640. The lowest BCUT2D eigenvalue weighted by molar-refractivity contribution is 0.104. The van der Waals surface area contributed by atoms with Crippen molar-refractivity contribution in [1.29, 1.82) is 0 Å². The van der Waals surface area contributed by atoms with Crippen molar-refractivity contribution in [1.82, 2.24) is 30.5 Å². The van der Waals surface area contributed by atoms with Gasteiger partial charge in [0.05, 0.1) is 12.6 Å². The van der Waals surface area contributed by atoms with Crippen LogP contribution < -0.4 is 20.9 Å². The van der Waals surface area contributed by atoms with E-state index in [2.05, 4.69) is 74.2 Å². The van der Waals surface area contributed by atoms with Gasteiger partial charge in [0.15, 0.2) is 5.82 Å². The lowest BCUT2D eigenvalue weighted by Gasteiger charge is -2.29. The predicted molar refractivity (Wildman–Crippen MR) is 138 cm³/mol. The molecule has 0 amide bonds.